The Bertz CT molecular complexity index is 467. The van der Waals surface area contributed by atoms with E-state index in [1.165, 1.54) is 12.8 Å². The Hall–Kier alpha value is -1.35. The Kier molecular flexibility index (Phi) is 3.79. The van der Waals surface area contributed by atoms with E-state index in [2.05, 4.69) is 17.0 Å². The summed E-state index contributed by atoms with van der Waals surface area (Å²) in [6, 6.07) is 10.5. The lowest BCUT2D eigenvalue weighted by molar-refractivity contribution is -0.159. The van der Waals surface area contributed by atoms with Gasteiger partial charge >= 0.3 is 5.97 Å². The second-order valence-corrected chi connectivity index (χ2v) is 5.86. The van der Waals surface area contributed by atoms with Crippen LogP contribution < -0.4 is 0 Å². The van der Waals surface area contributed by atoms with Crippen molar-refractivity contribution in [3.05, 3.63) is 35.9 Å². The van der Waals surface area contributed by atoms with Crippen LogP contribution >= 0.6 is 0 Å². The minimum absolute atomic E-state index is 0.0330. The van der Waals surface area contributed by atoms with Crippen molar-refractivity contribution >= 4 is 5.97 Å². The molecular weight excluding hydrogens is 250 g/mol. The molecule has 1 aromatic rings. The van der Waals surface area contributed by atoms with Crippen molar-refractivity contribution in [1.82, 2.24) is 4.90 Å². The second-order valence-electron chi connectivity index (χ2n) is 5.86. The molecule has 0 amide bonds. The summed E-state index contributed by atoms with van der Waals surface area (Å²) < 4.78 is 5.43. The van der Waals surface area contributed by atoms with Crippen LogP contribution in [0.5, 0.6) is 0 Å². The predicted octanol–water partition coefficient (Wildman–Crippen LogP) is 2.75. The van der Waals surface area contributed by atoms with Gasteiger partial charge in [0.1, 0.15) is 5.41 Å². The summed E-state index contributed by atoms with van der Waals surface area (Å²) in [5.74, 6) is -0.0330. The topological polar surface area (TPSA) is 29.5 Å². The largest absolute Gasteiger partial charge is 0.465 e. The fourth-order valence-corrected chi connectivity index (χ4v) is 3.80. The van der Waals surface area contributed by atoms with E-state index < -0.39 is 5.41 Å². The summed E-state index contributed by atoms with van der Waals surface area (Å²) in [7, 11) is 0. The third-order valence-electron chi connectivity index (χ3n) is 4.89. The summed E-state index contributed by atoms with van der Waals surface area (Å²) in [6.45, 7) is 4.59. The van der Waals surface area contributed by atoms with Gasteiger partial charge < -0.3 is 4.74 Å². The van der Waals surface area contributed by atoms with Gasteiger partial charge in [-0.1, -0.05) is 30.3 Å². The SMILES string of the molecule is CCOC(=O)C1(c2ccccc2)CCC1N1CCCC1. The highest BCUT2D eigenvalue weighted by molar-refractivity contribution is 5.85. The number of benzene rings is 1. The highest BCUT2D eigenvalue weighted by atomic mass is 16.5. The number of nitrogens with zero attached hydrogens (tertiary/aromatic N) is 1. The normalized spacial score (nSPS) is 29.9. The Morgan fingerprint density at radius 1 is 1.30 bits per heavy atom. The molecule has 108 valence electrons. The van der Waals surface area contributed by atoms with E-state index in [9.17, 15) is 4.79 Å². The number of hydrogen-bond acceptors (Lipinski definition) is 3. The first-order chi connectivity index (χ1) is 9.79. The highest BCUT2D eigenvalue weighted by Gasteiger charge is 2.57. The van der Waals surface area contributed by atoms with E-state index in [1.54, 1.807) is 0 Å². The van der Waals surface area contributed by atoms with Gasteiger partial charge in [0, 0.05) is 6.04 Å². The molecule has 3 nitrogen and oxygen atoms in total. The van der Waals surface area contributed by atoms with Gasteiger partial charge in [0.15, 0.2) is 0 Å². The molecule has 0 bridgehead atoms. The molecule has 1 aliphatic heterocycles. The van der Waals surface area contributed by atoms with Crippen molar-refractivity contribution in [3.63, 3.8) is 0 Å². The van der Waals surface area contributed by atoms with E-state index in [0.717, 1.165) is 31.5 Å². The molecule has 1 aromatic carbocycles. The number of likely N-dealkylation sites (tertiary alicyclic amines) is 1. The second kappa shape index (κ2) is 5.57. The molecule has 3 rings (SSSR count). The van der Waals surface area contributed by atoms with Gasteiger partial charge in [-0.2, -0.15) is 0 Å². The smallest absolute Gasteiger partial charge is 0.318 e. The maximum atomic E-state index is 12.7. The van der Waals surface area contributed by atoms with Crippen LogP contribution in [-0.4, -0.2) is 36.6 Å². The van der Waals surface area contributed by atoms with E-state index in [0.29, 0.717) is 12.6 Å². The molecule has 2 unspecified atom stereocenters. The molecular formula is C17H23NO2. The van der Waals surface area contributed by atoms with Crippen LogP contribution in [-0.2, 0) is 14.9 Å². The monoisotopic (exact) mass is 273 g/mol. The third-order valence-corrected chi connectivity index (χ3v) is 4.89. The molecule has 0 radical (unpaired) electrons. The first-order valence-corrected chi connectivity index (χ1v) is 7.76. The molecule has 1 saturated heterocycles. The Morgan fingerprint density at radius 3 is 2.55 bits per heavy atom. The molecule has 3 heteroatoms. The maximum absolute atomic E-state index is 12.7. The average molecular weight is 273 g/mol. The van der Waals surface area contributed by atoms with Crippen LogP contribution in [0.15, 0.2) is 30.3 Å². The number of carbonyl (C=O) groups excluding carboxylic acids is 1. The first-order valence-electron chi connectivity index (χ1n) is 7.76. The van der Waals surface area contributed by atoms with Gasteiger partial charge in [0.05, 0.1) is 6.61 Å². The predicted molar refractivity (Wildman–Crippen MR) is 78.6 cm³/mol. The third kappa shape index (κ3) is 2.05. The highest BCUT2D eigenvalue weighted by Crippen LogP contribution is 2.48. The lowest BCUT2D eigenvalue weighted by atomic mass is 9.60. The number of hydrogen-bond donors (Lipinski definition) is 0. The molecule has 0 aromatic heterocycles. The van der Waals surface area contributed by atoms with Crippen molar-refractivity contribution < 1.29 is 9.53 Å². The lowest BCUT2D eigenvalue weighted by Gasteiger charge is -2.51. The number of esters is 1. The van der Waals surface area contributed by atoms with Crippen LogP contribution in [0.4, 0.5) is 0 Å². The van der Waals surface area contributed by atoms with Gasteiger partial charge in [-0.05, 0) is 51.3 Å². The zero-order valence-electron chi connectivity index (χ0n) is 12.2. The Morgan fingerprint density at radius 2 is 2.00 bits per heavy atom. The van der Waals surface area contributed by atoms with Crippen LogP contribution in [0.1, 0.15) is 38.2 Å². The fraction of sp³-hybridized carbons (Fsp3) is 0.588. The van der Waals surface area contributed by atoms with Gasteiger partial charge in [-0.3, -0.25) is 9.69 Å². The maximum Gasteiger partial charge on any atom is 0.318 e. The van der Waals surface area contributed by atoms with Crippen molar-refractivity contribution in [2.75, 3.05) is 19.7 Å². The van der Waals surface area contributed by atoms with E-state index in [1.807, 2.05) is 25.1 Å². The lowest BCUT2D eigenvalue weighted by Crippen LogP contribution is -2.62. The van der Waals surface area contributed by atoms with Gasteiger partial charge in [-0.25, -0.2) is 0 Å². The summed E-state index contributed by atoms with van der Waals surface area (Å²) in [4.78, 5) is 15.2. The number of rotatable bonds is 4. The molecule has 2 fully saturated rings. The zero-order valence-corrected chi connectivity index (χ0v) is 12.2. The van der Waals surface area contributed by atoms with E-state index >= 15 is 0 Å². The fourth-order valence-electron chi connectivity index (χ4n) is 3.80. The van der Waals surface area contributed by atoms with Crippen molar-refractivity contribution in [2.24, 2.45) is 0 Å². The summed E-state index contributed by atoms with van der Waals surface area (Å²) in [6.07, 6.45) is 4.53. The zero-order chi connectivity index (χ0) is 14.0. The molecule has 1 aliphatic carbocycles. The van der Waals surface area contributed by atoms with Crippen molar-refractivity contribution in [1.29, 1.82) is 0 Å². The molecule has 2 aliphatic rings. The van der Waals surface area contributed by atoms with Crippen LogP contribution in [0.2, 0.25) is 0 Å². The minimum atomic E-state index is -0.429. The number of ether oxygens (including phenoxy) is 1. The molecule has 2 atom stereocenters. The first kappa shape index (κ1) is 13.6. The summed E-state index contributed by atoms with van der Waals surface area (Å²) in [5.41, 5.74) is 0.698. The van der Waals surface area contributed by atoms with E-state index in [-0.39, 0.29) is 5.97 Å². The van der Waals surface area contributed by atoms with Crippen molar-refractivity contribution in [3.8, 4) is 0 Å². The number of carbonyl (C=O) groups is 1. The molecule has 1 heterocycles. The average Bonchev–Trinajstić information content (AvgIpc) is 2.93. The standard InChI is InChI=1S/C17H23NO2/c1-2-20-16(19)17(14-8-4-3-5-9-14)11-10-15(17)18-12-6-7-13-18/h3-5,8-9,15H,2,6-7,10-13H2,1H3. The molecule has 20 heavy (non-hydrogen) atoms. The van der Waals surface area contributed by atoms with Gasteiger partial charge in [-0.15, -0.1) is 0 Å². The van der Waals surface area contributed by atoms with Crippen LogP contribution in [0, 0.1) is 0 Å². The summed E-state index contributed by atoms with van der Waals surface area (Å²) >= 11 is 0. The molecule has 1 saturated carbocycles. The minimum Gasteiger partial charge on any atom is -0.465 e. The van der Waals surface area contributed by atoms with Crippen LogP contribution in [0.25, 0.3) is 0 Å². The van der Waals surface area contributed by atoms with Crippen LogP contribution in [0.3, 0.4) is 0 Å². The molecule has 0 N–H and O–H groups in total. The van der Waals surface area contributed by atoms with Crippen molar-refractivity contribution in [2.45, 2.75) is 44.1 Å². The summed E-state index contributed by atoms with van der Waals surface area (Å²) in [5, 5.41) is 0. The Labute approximate surface area is 120 Å². The molecule has 0 spiro atoms. The quantitative estimate of drug-likeness (QED) is 0.790. The van der Waals surface area contributed by atoms with E-state index in [4.69, 9.17) is 4.74 Å². The van der Waals surface area contributed by atoms with Gasteiger partial charge in [0.2, 0.25) is 0 Å². The Balaban J connectivity index is 1.94. The van der Waals surface area contributed by atoms with Gasteiger partial charge in [0.25, 0.3) is 0 Å².